The Labute approximate surface area is 128 Å². The number of thioether (sulfide) groups is 1. The zero-order valence-electron chi connectivity index (χ0n) is 11.8. The fraction of sp³-hybridized carbons (Fsp3) is 0.462. The standard InChI is InChI=1S/C13H19N3O3S2/c1-21(18,19)12-9-20-7-6-16(12)8-10-4-2-3-5-11(10)13(14)15-17/h2-5,12,17H,6-9H2,1H3,(H2,14,15). The molecule has 1 aromatic rings. The second-order valence-electron chi connectivity index (χ2n) is 4.97. The van der Waals surface area contributed by atoms with Gasteiger partial charge in [0.1, 0.15) is 5.37 Å². The Morgan fingerprint density at radius 1 is 1.52 bits per heavy atom. The molecular formula is C13H19N3O3S2. The van der Waals surface area contributed by atoms with Crippen LogP contribution in [-0.4, -0.2) is 54.0 Å². The van der Waals surface area contributed by atoms with E-state index < -0.39 is 15.2 Å². The van der Waals surface area contributed by atoms with Crippen molar-refractivity contribution in [1.82, 2.24) is 4.90 Å². The molecular weight excluding hydrogens is 310 g/mol. The minimum Gasteiger partial charge on any atom is -0.409 e. The summed E-state index contributed by atoms with van der Waals surface area (Å²) < 4.78 is 23.8. The van der Waals surface area contributed by atoms with Crippen molar-refractivity contribution in [1.29, 1.82) is 0 Å². The molecule has 116 valence electrons. The molecule has 0 bridgehead atoms. The molecule has 1 fully saturated rings. The summed E-state index contributed by atoms with van der Waals surface area (Å²) in [5, 5.41) is 11.4. The van der Waals surface area contributed by atoms with Crippen molar-refractivity contribution in [3.05, 3.63) is 35.4 Å². The predicted octanol–water partition coefficient (Wildman–Crippen LogP) is 0.701. The highest BCUT2D eigenvalue weighted by Gasteiger charge is 2.31. The van der Waals surface area contributed by atoms with Gasteiger partial charge in [-0.15, -0.1) is 0 Å². The van der Waals surface area contributed by atoms with Crippen molar-refractivity contribution in [2.24, 2.45) is 10.9 Å². The van der Waals surface area contributed by atoms with Gasteiger partial charge >= 0.3 is 0 Å². The lowest BCUT2D eigenvalue weighted by Crippen LogP contribution is -2.46. The average Bonchev–Trinajstić information content (AvgIpc) is 2.46. The number of oxime groups is 1. The number of hydrogen-bond acceptors (Lipinski definition) is 6. The van der Waals surface area contributed by atoms with Crippen molar-refractivity contribution in [3.8, 4) is 0 Å². The van der Waals surface area contributed by atoms with Crippen molar-refractivity contribution in [3.63, 3.8) is 0 Å². The lowest BCUT2D eigenvalue weighted by Gasteiger charge is -2.34. The topological polar surface area (TPSA) is 96.0 Å². The first-order chi connectivity index (χ1) is 9.93. The molecule has 0 aromatic heterocycles. The molecule has 1 aromatic carbocycles. The molecule has 1 aliphatic heterocycles. The first-order valence-corrected chi connectivity index (χ1v) is 9.61. The molecule has 0 radical (unpaired) electrons. The maximum absolute atomic E-state index is 11.9. The van der Waals surface area contributed by atoms with Crippen LogP contribution in [0.1, 0.15) is 11.1 Å². The molecule has 0 saturated carbocycles. The molecule has 6 nitrogen and oxygen atoms in total. The summed E-state index contributed by atoms with van der Waals surface area (Å²) in [7, 11) is -3.14. The Hall–Kier alpha value is -1.25. The van der Waals surface area contributed by atoms with Gasteiger partial charge in [0.15, 0.2) is 15.7 Å². The number of hydrogen-bond donors (Lipinski definition) is 2. The SMILES string of the molecule is CS(=O)(=O)C1CSCCN1Cc1ccccc1C(N)=NO. The summed E-state index contributed by atoms with van der Waals surface area (Å²) in [5.74, 6) is 1.51. The number of nitrogens with zero attached hydrogens (tertiary/aromatic N) is 2. The van der Waals surface area contributed by atoms with Crippen LogP contribution in [0.25, 0.3) is 0 Å². The van der Waals surface area contributed by atoms with E-state index in [4.69, 9.17) is 10.9 Å². The zero-order valence-corrected chi connectivity index (χ0v) is 13.4. The van der Waals surface area contributed by atoms with Crippen LogP contribution in [0.2, 0.25) is 0 Å². The van der Waals surface area contributed by atoms with Crippen molar-refractivity contribution < 1.29 is 13.6 Å². The average molecular weight is 329 g/mol. The smallest absolute Gasteiger partial charge is 0.170 e. The van der Waals surface area contributed by atoms with Crippen molar-refractivity contribution in [2.75, 3.05) is 24.3 Å². The zero-order chi connectivity index (χ0) is 15.5. The lowest BCUT2D eigenvalue weighted by atomic mass is 10.1. The summed E-state index contributed by atoms with van der Waals surface area (Å²) in [6.45, 7) is 1.16. The minimum atomic E-state index is -3.14. The molecule has 21 heavy (non-hydrogen) atoms. The van der Waals surface area contributed by atoms with Gasteiger partial charge < -0.3 is 10.9 Å². The Balaban J connectivity index is 2.28. The largest absolute Gasteiger partial charge is 0.409 e. The Bertz CT molecular complexity index is 631. The monoisotopic (exact) mass is 329 g/mol. The van der Waals surface area contributed by atoms with Crippen LogP contribution >= 0.6 is 11.8 Å². The van der Waals surface area contributed by atoms with Gasteiger partial charge in [-0.3, -0.25) is 4.90 Å². The van der Waals surface area contributed by atoms with Crippen LogP contribution in [0.15, 0.2) is 29.4 Å². The molecule has 1 saturated heterocycles. The number of rotatable bonds is 4. The van der Waals surface area contributed by atoms with Crippen LogP contribution in [0.4, 0.5) is 0 Å². The van der Waals surface area contributed by atoms with Gasteiger partial charge in [0.05, 0.1) is 0 Å². The molecule has 8 heteroatoms. The maximum Gasteiger partial charge on any atom is 0.170 e. The summed E-state index contributed by atoms with van der Waals surface area (Å²) in [4.78, 5) is 1.94. The van der Waals surface area contributed by atoms with E-state index in [2.05, 4.69) is 5.16 Å². The third kappa shape index (κ3) is 3.90. The fourth-order valence-corrected chi connectivity index (χ4v) is 5.31. The first kappa shape index (κ1) is 16.1. The van der Waals surface area contributed by atoms with E-state index in [1.807, 2.05) is 17.0 Å². The van der Waals surface area contributed by atoms with Gasteiger partial charge in [0, 0.05) is 36.4 Å². The van der Waals surface area contributed by atoms with Gasteiger partial charge in [-0.2, -0.15) is 11.8 Å². The molecule has 1 atom stereocenters. The maximum atomic E-state index is 11.9. The van der Waals surface area contributed by atoms with E-state index in [-0.39, 0.29) is 5.84 Å². The van der Waals surface area contributed by atoms with Crippen molar-refractivity contribution in [2.45, 2.75) is 11.9 Å². The number of amidine groups is 1. The quantitative estimate of drug-likeness (QED) is 0.365. The van der Waals surface area contributed by atoms with E-state index in [9.17, 15) is 8.42 Å². The van der Waals surface area contributed by atoms with Gasteiger partial charge in [-0.1, -0.05) is 29.4 Å². The van der Waals surface area contributed by atoms with E-state index in [0.29, 0.717) is 24.4 Å². The van der Waals surface area contributed by atoms with E-state index in [1.54, 1.807) is 23.9 Å². The van der Waals surface area contributed by atoms with Crippen LogP contribution in [0.5, 0.6) is 0 Å². The molecule has 3 N–H and O–H groups in total. The Kier molecular flexibility index (Phi) is 5.13. The second kappa shape index (κ2) is 6.67. The van der Waals surface area contributed by atoms with Gasteiger partial charge in [-0.25, -0.2) is 8.42 Å². The molecule has 0 aliphatic carbocycles. The molecule has 2 rings (SSSR count). The molecule has 1 aliphatic rings. The Morgan fingerprint density at radius 3 is 2.90 bits per heavy atom. The first-order valence-electron chi connectivity index (χ1n) is 6.50. The molecule has 0 amide bonds. The Morgan fingerprint density at radius 2 is 2.24 bits per heavy atom. The van der Waals surface area contributed by atoms with Gasteiger partial charge in [-0.05, 0) is 5.56 Å². The third-order valence-corrected chi connectivity index (χ3v) is 6.15. The van der Waals surface area contributed by atoms with Gasteiger partial charge in [0.25, 0.3) is 0 Å². The summed E-state index contributed by atoms with van der Waals surface area (Å²) in [6, 6.07) is 7.29. The van der Waals surface area contributed by atoms with Crippen LogP contribution in [0.3, 0.4) is 0 Å². The normalized spacial score (nSPS) is 21.4. The molecule has 0 spiro atoms. The predicted molar refractivity (Wildman–Crippen MR) is 85.3 cm³/mol. The summed E-state index contributed by atoms with van der Waals surface area (Å²) >= 11 is 1.65. The van der Waals surface area contributed by atoms with Gasteiger partial charge in [0.2, 0.25) is 0 Å². The summed E-state index contributed by atoms with van der Waals surface area (Å²) in [5.41, 5.74) is 7.16. The second-order valence-corrected chi connectivity index (χ2v) is 8.32. The number of benzene rings is 1. The lowest BCUT2D eigenvalue weighted by molar-refractivity contribution is 0.262. The van der Waals surface area contributed by atoms with Crippen LogP contribution in [0, 0.1) is 0 Å². The molecule has 1 heterocycles. The number of nitrogens with two attached hydrogens (primary N) is 1. The van der Waals surface area contributed by atoms with Crippen LogP contribution in [-0.2, 0) is 16.4 Å². The third-order valence-electron chi connectivity index (χ3n) is 3.46. The number of sulfone groups is 1. The minimum absolute atomic E-state index is 0.0351. The van der Waals surface area contributed by atoms with Crippen molar-refractivity contribution >= 4 is 27.4 Å². The highest BCUT2D eigenvalue weighted by atomic mass is 32.2. The highest BCUT2D eigenvalue weighted by molar-refractivity contribution is 8.00. The van der Waals surface area contributed by atoms with E-state index in [0.717, 1.165) is 11.3 Å². The van der Waals surface area contributed by atoms with E-state index in [1.165, 1.54) is 6.26 Å². The van der Waals surface area contributed by atoms with Crippen LogP contribution < -0.4 is 5.73 Å². The van der Waals surface area contributed by atoms with E-state index >= 15 is 0 Å². The fourth-order valence-electron chi connectivity index (χ4n) is 2.37. The molecule has 1 unspecified atom stereocenters. The highest BCUT2D eigenvalue weighted by Crippen LogP contribution is 2.23. The summed E-state index contributed by atoms with van der Waals surface area (Å²) in [6.07, 6.45) is 1.27.